The molecule has 1 atom stereocenters. The normalized spacial score (nSPS) is 13.1. The molecule has 1 aromatic carbocycles. The summed E-state index contributed by atoms with van der Waals surface area (Å²) in [5, 5.41) is 15.4. The smallest absolute Gasteiger partial charge is 0.191 e. The van der Waals surface area contributed by atoms with Crippen molar-refractivity contribution in [2.45, 2.75) is 26.4 Å². The number of rotatable bonds is 6. The van der Waals surface area contributed by atoms with E-state index in [1.54, 1.807) is 13.2 Å². The lowest BCUT2D eigenvalue weighted by molar-refractivity contribution is 0.179. The third-order valence-electron chi connectivity index (χ3n) is 2.58. The Morgan fingerprint density at radius 3 is 2.85 bits per heavy atom. The SMILES string of the molecule is CCNC(=NCc1ccc(O)c(F)c1)NC(C)COC. The summed E-state index contributed by atoms with van der Waals surface area (Å²) in [7, 11) is 1.64. The maximum Gasteiger partial charge on any atom is 0.191 e. The predicted molar refractivity (Wildman–Crippen MR) is 77.4 cm³/mol. The molecular weight excluding hydrogens is 261 g/mol. The molecule has 6 heteroatoms. The predicted octanol–water partition coefficient (Wildman–Crippen LogP) is 1.62. The van der Waals surface area contributed by atoms with Crippen LogP contribution in [0, 0.1) is 5.82 Å². The number of aliphatic imine (C=N–C) groups is 1. The fourth-order valence-electron chi connectivity index (χ4n) is 1.66. The highest BCUT2D eigenvalue weighted by molar-refractivity contribution is 5.80. The summed E-state index contributed by atoms with van der Waals surface area (Å²) in [5.74, 6) is -0.342. The quantitative estimate of drug-likeness (QED) is 0.548. The van der Waals surface area contributed by atoms with Crippen LogP contribution in [0.25, 0.3) is 0 Å². The highest BCUT2D eigenvalue weighted by Crippen LogP contribution is 2.16. The first-order valence-corrected chi connectivity index (χ1v) is 6.58. The highest BCUT2D eigenvalue weighted by Gasteiger charge is 2.05. The van der Waals surface area contributed by atoms with Gasteiger partial charge in [0.25, 0.3) is 0 Å². The van der Waals surface area contributed by atoms with Crippen molar-refractivity contribution in [2.24, 2.45) is 4.99 Å². The molecule has 0 saturated carbocycles. The van der Waals surface area contributed by atoms with E-state index in [9.17, 15) is 4.39 Å². The molecular formula is C14H22FN3O2. The van der Waals surface area contributed by atoms with Crippen LogP contribution in [0.3, 0.4) is 0 Å². The van der Waals surface area contributed by atoms with Gasteiger partial charge in [-0.15, -0.1) is 0 Å². The number of hydrogen-bond donors (Lipinski definition) is 3. The zero-order valence-electron chi connectivity index (χ0n) is 12.1. The Morgan fingerprint density at radius 2 is 2.25 bits per heavy atom. The number of nitrogens with zero attached hydrogens (tertiary/aromatic N) is 1. The second-order valence-corrected chi connectivity index (χ2v) is 4.48. The van der Waals surface area contributed by atoms with E-state index < -0.39 is 5.82 Å². The van der Waals surface area contributed by atoms with Crippen molar-refractivity contribution in [3.05, 3.63) is 29.6 Å². The molecule has 0 aliphatic rings. The van der Waals surface area contributed by atoms with Crippen LogP contribution in [0.5, 0.6) is 5.75 Å². The molecule has 0 aliphatic carbocycles. The molecule has 0 saturated heterocycles. The topological polar surface area (TPSA) is 65.9 Å². The zero-order chi connectivity index (χ0) is 15.0. The van der Waals surface area contributed by atoms with Gasteiger partial charge in [-0.25, -0.2) is 9.38 Å². The van der Waals surface area contributed by atoms with Crippen molar-refractivity contribution >= 4 is 5.96 Å². The van der Waals surface area contributed by atoms with Crippen molar-refractivity contribution in [1.82, 2.24) is 10.6 Å². The molecule has 0 fully saturated rings. The third kappa shape index (κ3) is 5.44. The van der Waals surface area contributed by atoms with Gasteiger partial charge in [0.2, 0.25) is 0 Å². The van der Waals surface area contributed by atoms with Crippen LogP contribution in [0.2, 0.25) is 0 Å². The average Bonchev–Trinajstić information content (AvgIpc) is 2.40. The molecule has 3 N–H and O–H groups in total. The molecule has 0 spiro atoms. The number of phenols is 1. The van der Waals surface area contributed by atoms with Gasteiger partial charge in [0.1, 0.15) is 0 Å². The average molecular weight is 283 g/mol. The number of halogens is 1. The van der Waals surface area contributed by atoms with Gasteiger partial charge in [-0.1, -0.05) is 6.07 Å². The molecule has 0 bridgehead atoms. The number of guanidine groups is 1. The summed E-state index contributed by atoms with van der Waals surface area (Å²) >= 11 is 0. The molecule has 0 heterocycles. The van der Waals surface area contributed by atoms with E-state index in [2.05, 4.69) is 15.6 Å². The van der Waals surface area contributed by atoms with Gasteiger partial charge < -0.3 is 20.5 Å². The van der Waals surface area contributed by atoms with Gasteiger partial charge in [0.15, 0.2) is 17.5 Å². The summed E-state index contributed by atoms with van der Waals surface area (Å²) in [6.45, 7) is 5.58. The molecule has 5 nitrogen and oxygen atoms in total. The Labute approximate surface area is 118 Å². The monoisotopic (exact) mass is 283 g/mol. The minimum absolute atomic E-state index is 0.120. The van der Waals surface area contributed by atoms with E-state index in [-0.39, 0.29) is 11.8 Å². The number of nitrogens with one attached hydrogen (secondary N) is 2. The summed E-state index contributed by atoms with van der Waals surface area (Å²) in [6.07, 6.45) is 0. The maximum absolute atomic E-state index is 13.2. The molecule has 1 aromatic rings. The van der Waals surface area contributed by atoms with Gasteiger partial charge in [-0.05, 0) is 31.5 Å². The first-order valence-electron chi connectivity index (χ1n) is 6.58. The number of phenolic OH excluding ortho intramolecular Hbond substituents is 1. The van der Waals surface area contributed by atoms with E-state index >= 15 is 0 Å². The Bertz CT molecular complexity index is 452. The van der Waals surface area contributed by atoms with Crippen LogP contribution < -0.4 is 10.6 Å². The number of ether oxygens (including phenoxy) is 1. The van der Waals surface area contributed by atoms with Crippen LogP contribution in [-0.2, 0) is 11.3 Å². The molecule has 0 aromatic heterocycles. The number of benzene rings is 1. The minimum Gasteiger partial charge on any atom is -0.505 e. The second-order valence-electron chi connectivity index (χ2n) is 4.48. The highest BCUT2D eigenvalue weighted by atomic mass is 19.1. The lowest BCUT2D eigenvalue weighted by atomic mass is 10.2. The van der Waals surface area contributed by atoms with E-state index in [0.29, 0.717) is 24.7 Å². The molecule has 0 radical (unpaired) electrons. The Morgan fingerprint density at radius 1 is 1.50 bits per heavy atom. The molecule has 1 unspecified atom stereocenters. The number of hydrogen-bond acceptors (Lipinski definition) is 3. The van der Waals surface area contributed by atoms with E-state index in [0.717, 1.165) is 6.54 Å². The minimum atomic E-state index is -0.636. The molecule has 0 amide bonds. The Hall–Kier alpha value is -1.82. The first kappa shape index (κ1) is 16.2. The number of aromatic hydroxyl groups is 1. The molecule has 20 heavy (non-hydrogen) atoms. The van der Waals surface area contributed by atoms with E-state index in [1.165, 1.54) is 12.1 Å². The second kappa shape index (κ2) is 8.37. The number of methoxy groups -OCH3 is 1. The van der Waals surface area contributed by atoms with Gasteiger partial charge in [0.05, 0.1) is 13.2 Å². The Balaban J connectivity index is 2.68. The fraction of sp³-hybridized carbons (Fsp3) is 0.500. The summed E-state index contributed by atoms with van der Waals surface area (Å²) in [6, 6.07) is 4.37. The largest absolute Gasteiger partial charge is 0.505 e. The lowest BCUT2D eigenvalue weighted by Gasteiger charge is -2.17. The molecule has 112 valence electrons. The van der Waals surface area contributed by atoms with Gasteiger partial charge in [0, 0.05) is 19.7 Å². The lowest BCUT2D eigenvalue weighted by Crippen LogP contribution is -2.43. The van der Waals surface area contributed by atoms with Gasteiger partial charge in [-0.2, -0.15) is 0 Å². The standard InChI is InChI=1S/C14H22FN3O2/c1-4-16-14(18-10(2)9-20-3)17-8-11-5-6-13(19)12(15)7-11/h5-7,10,19H,4,8-9H2,1-3H3,(H2,16,17,18). The van der Waals surface area contributed by atoms with Gasteiger partial charge >= 0.3 is 0 Å². The molecule has 0 aliphatic heterocycles. The third-order valence-corrected chi connectivity index (χ3v) is 2.58. The summed E-state index contributed by atoms with van der Waals surface area (Å²) in [4.78, 5) is 4.37. The van der Waals surface area contributed by atoms with Crippen LogP contribution in [-0.4, -0.2) is 37.4 Å². The van der Waals surface area contributed by atoms with Crippen LogP contribution in [0.1, 0.15) is 19.4 Å². The van der Waals surface area contributed by atoms with Crippen molar-refractivity contribution < 1.29 is 14.2 Å². The van der Waals surface area contributed by atoms with Crippen molar-refractivity contribution in [1.29, 1.82) is 0 Å². The van der Waals surface area contributed by atoms with Gasteiger partial charge in [-0.3, -0.25) is 0 Å². The first-order chi connectivity index (χ1) is 9.56. The van der Waals surface area contributed by atoms with Crippen molar-refractivity contribution in [2.75, 3.05) is 20.3 Å². The summed E-state index contributed by atoms with van der Waals surface area (Å²) in [5.41, 5.74) is 0.692. The van der Waals surface area contributed by atoms with Crippen LogP contribution in [0.15, 0.2) is 23.2 Å². The van der Waals surface area contributed by atoms with Crippen LogP contribution in [0.4, 0.5) is 4.39 Å². The van der Waals surface area contributed by atoms with E-state index in [4.69, 9.17) is 9.84 Å². The fourth-order valence-corrected chi connectivity index (χ4v) is 1.66. The van der Waals surface area contributed by atoms with E-state index in [1.807, 2.05) is 13.8 Å². The maximum atomic E-state index is 13.2. The summed E-state index contributed by atoms with van der Waals surface area (Å²) < 4.78 is 18.3. The van der Waals surface area contributed by atoms with Crippen molar-refractivity contribution in [3.8, 4) is 5.75 Å². The van der Waals surface area contributed by atoms with Crippen molar-refractivity contribution in [3.63, 3.8) is 0 Å². The molecule has 1 rings (SSSR count). The zero-order valence-corrected chi connectivity index (χ0v) is 12.1. The van der Waals surface area contributed by atoms with Crippen LogP contribution >= 0.6 is 0 Å². The Kier molecular flexibility index (Phi) is 6.79.